The van der Waals surface area contributed by atoms with E-state index < -0.39 is 0 Å². The number of aromatic nitrogens is 3. The molecule has 228 valence electrons. The minimum absolute atomic E-state index is 0.672. The first-order chi connectivity index (χ1) is 24.3. The lowest BCUT2D eigenvalue weighted by atomic mass is 9.98. The first-order valence-electron chi connectivity index (χ1n) is 16.6. The second-order valence-corrected chi connectivity index (χ2v) is 13.9. The Bertz CT molecular complexity index is 2970. The van der Waals surface area contributed by atoms with Gasteiger partial charge in [-0.2, -0.15) is 0 Å². The molecule has 0 saturated carbocycles. The van der Waals surface area contributed by atoms with Crippen molar-refractivity contribution < 1.29 is 5.32 Å². The maximum atomic E-state index is 5.48. The highest BCUT2D eigenvalue weighted by atomic mass is 32.1. The standard InChI is InChI=1S/C44H26N4S/c1-2-10-26(11-3-1)43-42-36(22-23-40-41(42)32-14-6-9-17-39(32)49-40)46-44(47-43)48-37-16-8-5-13-30(37)31-20-18-28(25-38(31)48)27-19-21-35-33(24-27)29-12-4-7-15-34(29)45-35/h1-25,45H/p+1. The number of benzene rings is 7. The molecule has 11 rings (SSSR count). The van der Waals surface area contributed by atoms with E-state index >= 15 is 0 Å². The number of quaternary nitrogens is 1. The summed E-state index contributed by atoms with van der Waals surface area (Å²) in [6, 6.07) is 54.5. The van der Waals surface area contributed by atoms with Crippen molar-refractivity contribution in [3.63, 3.8) is 0 Å². The molecular weight excluding hydrogens is 617 g/mol. The second kappa shape index (κ2) is 10.2. The number of fused-ring (bicyclic) bond motifs is 11. The maximum absolute atomic E-state index is 5.48. The molecular formula is C44H27N4S+. The molecule has 0 saturated heterocycles. The first-order valence-corrected chi connectivity index (χ1v) is 17.4. The normalized spacial score (nSPS) is 12.4. The van der Waals surface area contributed by atoms with Crippen molar-refractivity contribution >= 4 is 75.6 Å². The molecule has 1 aliphatic heterocycles. The Hall–Kier alpha value is -6.14. The van der Waals surface area contributed by atoms with Crippen molar-refractivity contribution in [3.8, 4) is 39.5 Å². The van der Waals surface area contributed by atoms with Gasteiger partial charge in [-0.25, -0.2) is 9.97 Å². The van der Waals surface area contributed by atoms with Gasteiger partial charge in [0.05, 0.1) is 22.2 Å². The molecule has 0 aliphatic carbocycles. The fourth-order valence-electron chi connectivity index (χ4n) is 7.83. The van der Waals surface area contributed by atoms with E-state index in [4.69, 9.17) is 9.97 Å². The lowest BCUT2D eigenvalue weighted by Gasteiger charge is -2.13. The summed E-state index contributed by atoms with van der Waals surface area (Å²) < 4.78 is 4.78. The van der Waals surface area contributed by atoms with Crippen LogP contribution < -0.4 is 5.32 Å². The molecule has 0 atom stereocenters. The number of rotatable bonds is 3. The van der Waals surface area contributed by atoms with Crippen LogP contribution in [-0.2, 0) is 0 Å². The van der Waals surface area contributed by atoms with E-state index in [0.29, 0.717) is 5.95 Å². The topological polar surface area (TPSA) is 47.3 Å². The van der Waals surface area contributed by atoms with Crippen LogP contribution in [0, 0.1) is 0 Å². The van der Waals surface area contributed by atoms with Gasteiger partial charge in [-0.05, 0) is 59.7 Å². The Labute approximate surface area is 285 Å². The largest absolute Gasteiger partial charge is 0.281 e. The van der Waals surface area contributed by atoms with Crippen molar-refractivity contribution in [3.05, 3.63) is 152 Å². The van der Waals surface area contributed by atoms with Gasteiger partial charge in [0.2, 0.25) is 5.95 Å². The molecule has 0 radical (unpaired) electrons. The number of nitrogens with two attached hydrogens (primary N) is 1. The third kappa shape index (κ3) is 3.94. The summed E-state index contributed by atoms with van der Waals surface area (Å²) in [6.45, 7) is 0. The Balaban J connectivity index is 1.19. The monoisotopic (exact) mass is 643 g/mol. The lowest BCUT2D eigenvalue weighted by molar-refractivity contribution is -0.473. The number of thiophene rings is 1. The van der Waals surface area contributed by atoms with E-state index in [9.17, 15) is 0 Å². The van der Waals surface area contributed by atoms with Gasteiger partial charge in [-0.1, -0.05) is 91.0 Å². The van der Waals surface area contributed by atoms with E-state index in [0.717, 1.165) is 33.2 Å². The molecule has 0 fully saturated rings. The van der Waals surface area contributed by atoms with E-state index in [1.165, 1.54) is 64.6 Å². The summed E-state index contributed by atoms with van der Waals surface area (Å²) in [5.74, 6) is 0.672. The average Bonchev–Trinajstić information content (AvgIpc) is 3.83. The zero-order chi connectivity index (χ0) is 32.1. The van der Waals surface area contributed by atoms with Gasteiger partial charge in [0.1, 0.15) is 11.4 Å². The van der Waals surface area contributed by atoms with Crippen molar-refractivity contribution in [2.24, 2.45) is 0 Å². The van der Waals surface area contributed by atoms with Crippen LogP contribution in [0.4, 0.5) is 11.4 Å². The van der Waals surface area contributed by atoms with Crippen LogP contribution in [0.15, 0.2) is 152 Å². The number of hydrogen-bond donors (Lipinski definition) is 1. The van der Waals surface area contributed by atoms with Crippen molar-refractivity contribution in [2.45, 2.75) is 0 Å². The smallest absolute Gasteiger partial charge is 0.235 e. The molecule has 5 heteroatoms. The SMILES string of the molecule is c1ccc(-c2nc(-n3c4ccccc4c4ccc(-c5ccc6c(c5)-c5ccccc5[NH2+]6)cc43)nc3ccc4sc5ccccc5c4c23)cc1. The zero-order valence-electron chi connectivity index (χ0n) is 26.3. The predicted octanol–water partition coefficient (Wildman–Crippen LogP) is 10.9. The van der Waals surface area contributed by atoms with E-state index in [1.807, 2.05) is 11.3 Å². The Morgan fingerprint density at radius 3 is 2.14 bits per heavy atom. The van der Waals surface area contributed by atoms with Gasteiger partial charge in [0.25, 0.3) is 0 Å². The molecule has 49 heavy (non-hydrogen) atoms. The van der Waals surface area contributed by atoms with Gasteiger partial charge < -0.3 is 0 Å². The zero-order valence-corrected chi connectivity index (χ0v) is 27.1. The lowest BCUT2D eigenvalue weighted by Crippen LogP contribution is -2.69. The van der Waals surface area contributed by atoms with Gasteiger partial charge in [0.15, 0.2) is 0 Å². The van der Waals surface area contributed by atoms with E-state index in [2.05, 4.69) is 162 Å². The van der Waals surface area contributed by atoms with Crippen molar-refractivity contribution in [1.29, 1.82) is 0 Å². The fraction of sp³-hybridized carbons (Fsp3) is 0. The Kier molecular flexibility index (Phi) is 5.58. The molecule has 0 spiro atoms. The Morgan fingerprint density at radius 2 is 1.20 bits per heavy atom. The number of hydrogen-bond acceptors (Lipinski definition) is 3. The van der Waals surface area contributed by atoms with Gasteiger partial charge in [-0.3, -0.25) is 9.88 Å². The van der Waals surface area contributed by atoms with Gasteiger partial charge in [-0.15, -0.1) is 11.3 Å². The highest BCUT2D eigenvalue weighted by Crippen LogP contribution is 2.43. The van der Waals surface area contributed by atoms with Crippen LogP contribution in [0.3, 0.4) is 0 Å². The van der Waals surface area contributed by atoms with Crippen molar-refractivity contribution in [2.75, 3.05) is 0 Å². The predicted molar refractivity (Wildman–Crippen MR) is 204 cm³/mol. The summed E-state index contributed by atoms with van der Waals surface area (Å²) in [6.07, 6.45) is 0. The number of nitrogens with zero attached hydrogens (tertiary/aromatic N) is 3. The summed E-state index contributed by atoms with van der Waals surface area (Å²) in [4.78, 5) is 10.8. The maximum Gasteiger partial charge on any atom is 0.235 e. The van der Waals surface area contributed by atoms with E-state index in [1.54, 1.807) is 0 Å². The van der Waals surface area contributed by atoms with Crippen LogP contribution >= 0.6 is 11.3 Å². The summed E-state index contributed by atoms with van der Waals surface area (Å²) >= 11 is 1.83. The van der Waals surface area contributed by atoms with Crippen LogP contribution in [0.5, 0.6) is 0 Å². The van der Waals surface area contributed by atoms with Crippen LogP contribution in [-0.4, -0.2) is 14.5 Å². The summed E-state index contributed by atoms with van der Waals surface area (Å²) in [7, 11) is 0. The molecule has 7 aromatic carbocycles. The quantitative estimate of drug-likeness (QED) is 0.195. The Morgan fingerprint density at radius 1 is 0.469 bits per heavy atom. The fourth-order valence-corrected chi connectivity index (χ4v) is 8.94. The molecule has 10 aromatic rings. The van der Waals surface area contributed by atoms with Gasteiger partial charge in [0, 0.05) is 65.2 Å². The van der Waals surface area contributed by atoms with Gasteiger partial charge >= 0.3 is 0 Å². The molecule has 0 amide bonds. The minimum atomic E-state index is 0.672. The second-order valence-electron chi connectivity index (χ2n) is 12.8. The summed E-state index contributed by atoms with van der Waals surface area (Å²) in [5.41, 5.74) is 12.6. The third-order valence-electron chi connectivity index (χ3n) is 10.1. The first kappa shape index (κ1) is 26.9. The molecule has 0 unspecified atom stereocenters. The van der Waals surface area contributed by atoms with Crippen molar-refractivity contribution in [1.82, 2.24) is 14.5 Å². The minimum Gasteiger partial charge on any atom is -0.281 e. The molecule has 1 aliphatic rings. The molecule has 0 bridgehead atoms. The van der Waals surface area contributed by atoms with Crippen LogP contribution in [0.2, 0.25) is 0 Å². The van der Waals surface area contributed by atoms with E-state index in [-0.39, 0.29) is 0 Å². The molecule has 4 heterocycles. The number of para-hydroxylation sites is 2. The highest BCUT2D eigenvalue weighted by molar-refractivity contribution is 7.26. The molecule has 2 N–H and O–H groups in total. The average molecular weight is 644 g/mol. The highest BCUT2D eigenvalue weighted by Gasteiger charge is 2.24. The summed E-state index contributed by atoms with van der Waals surface area (Å²) in [5, 5.41) is 8.22. The van der Waals surface area contributed by atoms with Crippen LogP contribution in [0.1, 0.15) is 0 Å². The molecule has 4 nitrogen and oxygen atoms in total. The third-order valence-corrected chi connectivity index (χ3v) is 11.2. The van der Waals surface area contributed by atoms with Crippen LogP contribution in [0.25, 0.3) is 92.3 Å². The molecule has 3 aromatic heterocycles.